The molecule has 3 amide bonds. The van der Waals surface area contributed by atoms with E-state index in [1.165, 1.54) is 18.2 Å². The Hall–Kier alpha value is -4.33. The van der Waals surface area contributed by atoms with Crippen LogP contribution in [0.3, 0.4) is 0 Å². The van der Waals surface area contributed by atoms with Gasteiger partial charge in [-0.15, -0.1) is 0 Å². The average Bonchev–Trinajstić information content (AvgIpc) is 3.00. The van der Waals surface area contributed by atoms with Gasteiger partial charge < -0.3 is 5.32 Å². The van der Waals surface area contributed by atoms with Crippen molar-refractivity contribution in [1.29, 1.82) is 0 Å². The Morgan fingerprint density at radius 2 is 1.60 bits per heavy atom. The van der Waals surface area contributed by atoms with E-state index >= 15 is 0 Å². The molecular weight excluding hydrogens is 386 g/mol. The van der Waals surface area contributed by atoms with Crippen molar-refractivity contribution in [3.63, 3.8) is 0 Å². The summed E-state index contributed by atoms with van der Waals surface area (Å²) < 4.78 is 0. The third kappa shape index (κ3) is 3.42. The summed E-state index contributed by atoms with van der Waals surface area (Å²) in [5, 5.41) is 14.0. The molecule has 0 saturated heterocycles. The first-order valence-corrected chi connectivity index (χ1v) is 9.04. The molecule has 0 atom stereocenters. The molecule has 4 rings (SSSR count). The molecule has 0 saturated carbocycles. The fraction of sp³-hybridized carbons (Fsp3) is 0.0455. The quantitative estimate of drug-likeness (QED) is 0.399. The van der Waals surface area contributed by atoms with Gasteiger partial charge in [0.15, 0.2) is 0 Å². The van der Waals surface area contributed by atoms with Gasteiger partial charge in [-0.25, -0.2) is 0 Å². The van der Waals surface area contributed by atoms with Crippen LogP contribution in [-0.2, 0) is 6.54 Å². The van der Waals surface area contributed by atoms with Crippen LogP contribution in [0.5, 0.6) is 0 Å². The number of carbonyl (C=O) groups is 3. The van der Waals surface area contributed by atoms with Gasteiger partial charge in [0.1, 0.15) is 5.56 Å². The number of benzene rings is 3. The first-order valence-electron chi connectivity index (χ1n) is 9.04. The van der Waals surface area contributed by atoms with E-state index in [2.05, 4.69) is 5.32 Å². The molecule has 0 radical (unpaired) electrons. The number of nitrogens with one attached hydrogen (secondary N) is 1. The fourth-order valence-electron chi connectivity index (χ4n) is 3.28. The van der Waals surface area contributed by atoms with Crippen molar-refractivity contribution in [1.82, 2.24) is 4.90 Å². The molecule has 8 heteroatoms. The number of hydrogen-bond donors (Lipinski definition) is 1. The van der Waals surface area contributed by atoms with Crippen molar-refractivity contribution >= 4 is 29.1 Å². The number of hydrogen-bond acceptors (Lipinski definition) is 5. The lowest BCUT2D eigenvalue weighted by atomic mass is 10.1. The van der Waals surface area contributed by atoms with Crippen LogP contribution in [0.15, 0.2) is 72.8 Å². The molecular formula is C22H15N3O5. The average molecular weight is 401 g/mol. The van der Waals surface area contributed by atoms with Crippen molar-refractivity contribution in [3.05, 3.63) is 105 Å². The van der Waals surface area contributed by atoms with Gasteiger partial charge in [-0.1, -0.05) is 36.4 Å². The van der Waals surface area contributed by atoms with E-state index in [4.69, 9.17) is 0 Å². The van der Waals surface area contributed by atoms with Gasteiger partial charge in [-0.2, -0.15) is 0 Å². The van der Waals surface area contributed by atoms with Gasteiger partial charge in [-0.05, 0) is 35.9 Å². The van der Waals surface area contributed by atoms with Crippen molar-refractivity contribution in [2.45, 2.75) is 6.54 Å². The van der Waals surface area contributed by atoms with E-state index in [-0.39, 0.29) is 29.3 Å². The molecule has 0 bridgehead atoms. The highest BCUT2D eigenvalue weighted by Gasteiger charge is 2.40. The van der Waals surface area contributed by atoms with E-state index in [1.54, 1.807) is 36.4 Å². The second-order valence-corrected chi connectivity index (χ2v) is 6.67. The summed E-state index contributed by atoms with van der Waals surface area (Å²) in [6.45, 7) is -0.0515. The Kier molecular flexibility index (Phi) is 4.81. The highest BCUT2D eigenvalue weighted by molar-refractivity contribution is 6.23. The SMILES string of the molecule is O=C(Nc1ccccc1)c1ccc(CN2C(=O)c3cccc([N+](=O)[O-])c3C2=O)cc1. The zero-order valence-electron chi connectivity index (χ0n) is 15.6. The minimum Gasteiger partial charge on any atom is -0.322 e. The molecule has 148 valence electrons. The smallest absolute Gasteiger partial charge is 0.282 e. The number of para-hydroxylation sites is 1. The minimum atomic E-state index is -0.701. The van der Waals surface area contributed by atoms with Crippen molar-refractivity contribution in [2.75, 3.05) is 5.32 Å². The predicted octanol–water partition coefficient (Wildman–Crippen LogP) is 3.64. The topological polar surface area (TPSA) is 110 Å². The van der Waals surface area contributed by atoms with Gasteiger partial charge in [0.25, 0.3) is 23.4 Å². The van der Waals surface area contributed by atoms with Crippen LogP contribution < -0.4 is 5.32 Å². The summed E-state index contributed by atoms with van der Waals surface area (Å²) in [7, 11) is 0. The molecule has 1 aliphatic rings. The second kappa shape index (κ2) is 7.59. The Morgan fingerprint density at radius 3 is 2.27 bits per heavy atom. The number of nitro groups is 1. The fourth-order valence-corrected chi connectivity index (χ4v) is 3.28. The number of anilines is 1. The van der Waals surface area contributed by atoms with Gasteiger partial charge in [0.05, 0.1) is 17.0 Å². The van der Waals surface area contributed by atoms with E-state index in [0.29, 0.717) is 16.8 Å². The maximum absolute atomic E-state index is 12.7. The number of fused-ring (bicyclic) bond motifs is 1. The lowest BCUT2D eigenvalue weighted by Gasteiger charge is -2.14. The maximum atomic E-state index is 12.7. The largest absolute Gasteiger partial charge is 0.322 e. The molecule has 8 nitrogen and oxygen atoms in total. The van der Waals surface area contributed by atoms with Crippen LogP contribution in [0.2, 0.25) is 0 Å². The number of nitro benzene ring substituents is 1. The minimum absolute atomic E-state index is 0.0214. The summed E-state index contributed by atoms with van der Waals surface area (Å²) >= 11 is 0. The van der Waals surface area contributed by atoms with E-state index in [0.717, 1.165) is 4.90 Å². The predicted molar refractivity (Wildman–Crippen MR) is 108 cm³/mol. The number of amides is 3. The number of imide groups is 1. The van der Waals surface area contributed by atoms with Crippen LogP contribution in [0.4, 0.5) is 11.4 Å². The normalized spacial score (nSPS) is 12.6. The highest BCUT2D eigenvalue weighted by Crippen LogP contribution is 2.31. The molecule has 0 spiro atoms. The Balaban J connectivity index is 1.51. The van der Waals surface area contributed by atoms with Gasteiger partial charge >= 0.3 is 0 Å². The summed E-state index contributed by atoms with van der Waals surface area (Å²) in [5.41, 5.74) is 1.14. The number of nitrogens with zero attached hydrogens (tertiary/aromatic N) is 2. The number of rotatable bonds is 5. The first-order chi connectivity index (χ1) is 14.5. The van der Waals surface area contributed by atoms with Crippen LogP contribution in [0.25, 0.3) is 0 Å². The highest BCUT2D eigenvalue weighted by atomic mass is 16.6. The van der Waals surface area contributed by atoms with E-state index in [9.17, 15) is 24.5 Å². The lowest BCUT2D eigenvalue weighted by molar-refractivity contribution is -0.385. The molecule has 3 aromatic carbocycles. The Labute approximate surface area is 170 Å². The molecule has 3 aromatic rings. The molecule has 1 heterocycles. The van der Waals surface area contributed by atoms with Crippen LogP contribution in [0, 0.1) is 10.1 Å². The lowest BCUT2D eigenvalue weighted by Crippen LogP contribution is -2.29. The third-order valence-electron chi connectivity index (χ3n) is 4.76. The van der Waals surface area contributed by atoms with Gasteiger partial charge in [-0.3, -0.25) is 29.4 Å². The summed E-state index contributed by atoms with van der Waals surface area (Å²) in [4.78, 5) is 49.1. The molecule has 0 aromatic heterocycles. The van der Waals surface area contributed by atoms with Crippen molar-refractivity contribution in [2.24, 2.45) is 0 Å². The number of carbonyl (C=O) groups excluding carboxylic acids is 3. The Bertz CT molecular complexity index is 1170. The van der Waals surface area contributed by atoms with Crippen molar-refractivity contribution < 1.29 is 19.3 Å². The monoisotopic (exact) mass is 401 g/mol. The summed E-state index contributed by atoms with van der Waals surface area (Å²) in [6.07, 6.45) is 0. The summed E-state index contributed by atoms with van der Waals surface area (Å²) in [5.74, 6) is -1.57. The first kappa shape index (κ1) is 19.0. The Morgan fingerprint density at radius 1 is 0.900 bits per heavy atom. The van der Waals surface area contributed by atoms with Gasteiger partial charge in [0.2, 0.25) is 0 Å². The molecule has 0 fully saturated rings. The molecule has 1 N–H and O–H groups in total. The molecule has 0 aliphatic carbocycles. The molecule has 1 aliphatic heterocycles. The maximum Gasteiger partial charge on any atom is 0.282 e. The zero-order valence-corrected chi connectivity index (χ0v) is 15.6. The standard InChI is InChI=1S/C22H15N3O5/c26-20(23-16-5-2-1-3-6-16)15-11-9-14(10-12-15)13-24-21(27)17-7-4-8-18(25(29)30)19(17)22(24)28/h1-12H,13H2,(H,23,26). The van der Waals surface area contributed by atoms with Crippen molar-refractivity contribution in [3.8, 4) is 0 Å². The van der Waals surface area contributed by atoms with Crippen LogP contribution >= 0.6 is 0 Å². The van der Waals surface area contributed by atoms with Crippen LogP contribution in [0.1, 0.15) is 36.6 Å². The third-order valence-corrected chi connectivity index (χ3v) is 4.76. The molecule has 30 heavy (non-hydrogen) atoms. The van der Waals surface area contributed by atoms with E-state index < -0.39 is 16.7 Å². The second-order valence-electron chi connectivity index (χ2n) is 6.67. The van der Waals surface area contributed by atoms with Gasteiger partial charge in [0, 0.05) is 17.3 Å². The van der Waals surface area contributed by atoms with E-state index in [1.807, 2.05) is 18.2 Å². The zero-order chi connectivity index (χ0) is 21.3. The molecule has 0 unspecified atom stereocenters. The van der Waals surface area contributed by atoms with Crippen LogP contribution in [-0.4, -0.2) is 27.5 Å². The summed E-state index contributed by atoms with van der Waals surface area (Å²) in [6, 6.07) is 19.5.